The summed E-state index contributed by atoms with van der Waals surface area (Å²) in [6.07, 6.45) is 12.8. The van der Waals surface area contributed by atoms with Gasteiger partial charge < -0.3 is 15.3 Å². The summed E-state index contributed by atoms with van der Waals surface area (Å²) in [6, 6.07) is 0. The van der Waals surface area contributed by atoms with E-state index in [1.807, 2.05) is 0 Å². The van der Waals surface area contributed by atoms with Gasteiger partial charge in [-0.25, -0.2) is 0 Å². The van der Waals surface area contributed by atoms with Gasteiger partial charge in [0.15, 0.2) is 5.78 Å². The first kappa shape index (κ1) is 23.7. The lowest BCUT2D eigenvalue weighted by atomic mass is 9.60. The first-order chi connectivity index (χ1) is 14.0. The van der Waals surface area contributed by atoms with E-state index in [1.165, 1.54) is 31.3 Å². The molecule has 170 valence electrons. The van der Waals surface area contributed by atoms with Crippen LogP contribution in [-0.4, -0.2) is 38.9 Å². The maximum atomic E-state index is 12.2. The number of ketones is 1. The minimum Gasteiger partial charge on any atom is -0.393 e. The highest BCUT2D eigenvalue weighted by Gasteiger charge is 2.50. The van der Waals surface area contributed by atoms with Crippen molar-refractivity contribution in [3.8, 4) is 0 Å². The summed E-state index contributed by atoms with van der Waals surface area (Å²) in [5.41, 5.74) is 1.75. The first-order valence-electron chi connectivity index (χ1n) is 12.0. The molecule has 3 aliphatic rings. The average molecular weight is 419 g/mol. The number of aliphatic hydroxyl groups is 3. The molecule has 30 heavy (non-hydrogen) atoms. The van der Waals surface area contributed by atoms with Crippen molar-refractivity contribution in [1.29, 1.82) is 0 Å². The Morgan fingerprint density at radius 2 is 1.87 bits per heavy atom. The lowest BCUT2D eigenvalue weighted by Crippen LogP contribution is -2.36. The Morgan fingerprint density at radius 1 is 1.20 bits per heavy atom. The fraction of sp³-hybridized carbons (Fsp3) is 0.808. The van der Waals surface area contributed by atoms with Crippen molar-refractivity contribution < 1.29 is 20.1 Å². The van der Waals surface area contributed by atoms with Crippen LogP contribution in [0.25, 0.3) is 0 Å². The second-order valence-electron chi connectivity index (χ2n) is 11.1. The number of fused-ring (bicyclic) bond motifs is 1. The number of hydrogen-bond acceptors (Lipinski definition) is 4. The molecule has 0 heterocycles. The van der Waals surface area contributed by atoms with E-state index in [0.29, 0.717) is 43.4 Å². The summed E-state index contributed by atoms with van der Waals surface area (Å²) in [6.45, 7) is 7.92. The Kier molecular flexibility index (Phi) is 7.31. The van der Waals surface area contributed by atoms with Crippen LogP contribution in [0.5, 0.6) is 0 Å². The second-order valence-corrected chi connectivity index (χ2v) is 11.1. The Labute approximate surface area is 182 Å². The van der Waals surface area contributed by atoms with Crippen molar-refractivity contribution in [2.24, 2.45) is 23.2 Å². The van der Waals surface area contributed by atoms with Gasteiger partial charge in [-0.15, -0.1) is 0 Å². The average Bonchev–Trinajstić information content (AvgIpc) is 3.00. The predicted octanol–water partition coefficient (Wildman–Crippen LogP) is 4.72. The molecule has 4 nitrogen and oxygen atoms in total. The Balaban J connectivity index is 1.68. The molecule has 0 aromatic rings. The molecule has 3 saturated carbocycles. The van der Waals surface area contributed by atoms with E-state index in [0.717, 1.165) is 18.4 Å². The summed E-state index contributed by atoms with van der Waals surface area (Å²) < 4.78 is 0. The zero-order valence-corrected chi connectivity index (χ0v) is 19.4. The molecule has 0 aromatic carbocycles. The largest absolute Gasteiger partial charge is 0.393 e. The number of carbonyl (C=O) groups excluding carboxylic acids is 1. The summed E-state index contributed by atoms with van der Waals surface area (Å²) in [7, 11) is 0. The number of rotatable bonds is 6. The highest BCUT2D eigenvalue weighted by atomic mass is 16.3. The van der Waals surface area contributed by atoms with Gasteiger partial charge in [0, 0.05) is 6.42 Å². The van der Waals surface area contributed by atoms with Crippen LogP contribution in [0, 0.1) is 23.2 Å². The van der Waals surface area contributed by atoms with Crippen LogP contribution in [0.3, 0.4) is 0 Å². The molecule has 0 aromatic heterocycles. The normalized spacial score (nSPS) is 37.2. The molecule has 0 radical (unpaired) electrons. The molecule has 3 aliphatic carbocycles. The third-order valence-electron chi connectivity index (χ3n) is 8.31. The van der Waals surface area contributed by atoms with Gasteiger partial charge in [0.2, 0.25) is 0 Å². The summed E-state index contributed by atoms with van der Waals surface area (Å²) in [4.78, 5) is 12.2. The summed E-state index contributed by atoms with van der Waals surface area (Å²) >= 11 is 0. The van der Waals surface area contributed by atoms with Gasteiger partial charge in [-0.2, -0.15) is 0 Å². The fourth-order valence-corrected chi connectivity index (χ4v) is 6.61. The molecule has 0 aliphatic heterocycles. The minimum absolute atomic E-state index is 0.0539. The summed E-state index contributed by atoms with van der Waals surface area (Å²) in [5, 5.41) is 29.8. The van der Waals surface area contributed by atoms with Crippen LogP contribution in [0.2, 0.25) is 0 Å². The molecule has 1 unspecified atom stereocenters. The van der Waals surface area contributed by atoms with E-state index < -0.39 is 17.8 Å². The quantitative estimate of drug-likeness (QED) is 0.583. The van der Waals surface area contributed by atoms with Crippen molar-refractivity contribution in [2.45, 2.75) is 110 Å². The molecule has 3 rings (SSSR count). The van der Waals surface area contributed by atoms with E-state index in [-0.39, 0.29) is 11.2 Å². The monoisotopic (exact) mass is 418 g/mol. The van der Waals surface area contributed by atoms with Crippen molar-refractivity contribution in [3.05, 3.63) is 23.3 Å². The molecular formula is C26H42O4. The van der Waals surface area contributed by atoms with E-state index in [1.54, 1.807) is 13.8 Å². The molecule has 0 bridgehead atoms. The van der Waals surface area contributed by atoms with E-state index >= 15 is 0 Å². The van der Waals surface area contributed by atoms with E-state index in [4.69, 9.17) is 0 Å². The standard InChI is InChI=1S/C26H42O4/c1-17(7-12-24(29)25(2,3)30)22-10-11-23-19(6-5-13-26(22,23)4)9-8-18-14-20(27)16-21(28)15-18/h8-9,17,20-23,27-28,30H,5-7,10-16H2,1-4H3/b19-9+/t17-,20-,21-,22-,23?,26-/m1/s1. The molecule has 6 atom stereocenters. The minimum atomic E-state index is -1.23. The maximum Gasteiger partial charge on any atom is 0.163 e. The fourth-order valence-electron chi connectivity index (χ4n) is 6.61. The van der Waals surface area contributed by atoms with Crippen LogP contribution < -0.4 is 0 Å². The smallest absolute Gasteiger partial charge is 0.163 e. The third kappa shape index (κ3) is 5.26. The zero-order chi connectivity index (χ0) is 22.1. The maximum absolute atomic E-state index is 12.2. The molecule has 3 fully saturated rings. The van der Waals surface area contributed by atoms with Gasteiger partial charge in [0.1, 0.15) is 5.60 Å². The molecule has 0 saturated heterocycles. The lowest BCUT2D eigenvalue weighted by Gasteiger charge is -2.44. The second kappa shape index (κ2) is 9.26. The Bertz CT molecular complexity index is 674. The SMILES string of the molecule is C[C@H](CCC(=O)C(C)(C)O)[C@H]1CCC2/C(=C/C=C3C[C@@H](O)C[C@H](O)C3)CCC[C@@]21C. The lowest BCUT2D eigenvalue weighted by molar-refractivity contribution is -0.134. The van der Waals surface area contributed by atoms with Gasteiger partial charge in [-0.3, -0.25) is 4.79 Å². The number of aliphatic hydroxyl groups excluding tert-OH is 2. The highest BCUT2D eigenvalue weighted by Crippen LogP contribution is 2.59. The molecule has 4 heteroatoms. The van der Waals surface area contributed by atoms with Crippen LogP contribution in [0.1, 0.15) is 91.9 Å². The van der Waals surface area contributed by atoms with Gasteiger partial charge >= 0.3 is 0 Å². The van der Waals surface area contributed by atoms with Crippen molar-refractivity contribution in [3.63, 3.8) is 0 Å². The van der Waals surface area contributed by atoms with Crippen molar-refractivity contribution in [1.82, 2.24) is 0 Å². The summed E-state index contributed by atoms with van der Waals surface area (Å²) in [5.74, 6) is 1.64. The third-order valence-corrected chi connectivity index (χ3v) is 8.31. The van der Waals surface area contributed by atoms with Gasteiger partial charge in [0.05, 0.1) is 12.2 Å². The molecule has 3 N–H and O–H groups in total. The van der Waals surface area contributed by atoms with Crippen LogP contribution >= 0.6 is 0 Å². The molecular weight excluding hydrogens is 376 g/mol. The number of hydrogen-bond donors (Lipinski definition) is 3. The van der Waals surface area contributed by atoms with E-state index in [2.05, 4.69) is 26.0 Å². The Morgan fingerprint density at radius 3 is 2.50 bits per heavy atom. The number of allylic oxidation sites excluding steroid dienone is 3. The molecule has 0 amide bonds. The van der Waals surface area contributed by atoms with Crippen molar-refractivity contribution >= 4 is 5.78 Å². The molecule has 0 spiro atoms. The van der Waals surface area contributed by atoms with Gasteiger partial charge in [-0.05, 0) is 94.8 Å². The number of carbonyl (C=O) groups is 1. The van der Waals surface area contributed by atoms with Crippen LogP contribution in [0.4, 0.5) is 0 Å². The first-order valence-corrected chi connectivity index (χ1v) is 12.0. The highest BCUT2D eigenvalue weighted by molar-refractivity contribution is 5.86. The Hall–Kier alpha value is -0.970. The van der Waals surface area contributed by atoms with Crippen LogP contribution in [-0.2, 0) is 4.79 Å². The van der Waals surface area contributed by atoms with Gasteiger partial charge in [0.25, 0.3) is 0 Å². The topological polar surface area (TPSA) is 77.8 Å². The van der Waals surface area contributed by atoms with Gasteiger partial charge in [-0.1, -0.05) is 37.1 Å². The zero-order valence-electron chi connectivity index (χ0n) is 19.4. The predicted molar refractivity (Wildman–Crippen MR) is 120 cm³/mol. The number of Topliss-reactive ketones (excluding diaryl/α,β-unsaturated/α-hetero) is 1. The van der Waals surface area contributed by atoms with E-state index in [9.17, 15) is 20.1 Å². The van der Waals surface area contributed by atoms with Crippen molar-refractivity contribution in [2.75, 3.05) is 0 Å². The van der Waals surface area contributed by atoms with Crippen LogP contribution in [0.15, 0.2) is 23.3 Å².